The van der Waals surface area contributed by atoms with Gasteiger partial charge < -0.3 is 10.7 Å². The Hall–Kier alpha value is -2.88. The van der Waals surface area contributed by atoms with Gasteiger partial charge >= 0.3 is 5.69 Å². The van der Waals surface area contributed by atoms with E-state index in [0.29, 0.717) is 6.07 Å². The van der Waals surface area contributed by atoms with Crippen LogP contribution < -0.4 is 16.6 Å². The van der Waals surface area contributed by atoms with Crippen LogP contribution in [0.5, 0.6) is 0 Å². The van der Waals surface area contributed by atoms with E-state index in [0.717, 1.165) is 12.1 Å². The van der Waals surface area contributed by atoms with Crippen LogP contribution in [0, 0.1) is 27.6 Å². The predicted octanol–water partition coefficient (Wildman–Crippen LogP) is 2.44. The quantitative estimate of drug-likeness (QED) is 0.346. The maximum atomic E-state index is 13.5. The molecule has 0 saturated carbocycles. The summed E-state index contributed by atoms with van der Waals surface area (Å²) in [6.07, 6.45) is 0. The van der Waals surface area contributed by atoms with Gasteiger partial charge in [0.1, 0.15) is 5.82 Å². The van der Waals surface area contributed by atoms with Gasteiger partial charge in [-0.2, -0.15) is 0 Å². The van der Waals surface area contributed by atoms with E-state index in [1.165, 1.54) is 6.07 Å². The largest absolute Gasteiger partial charge is 0.332 e. The van der Waals surface area contributed by atoms with Gasteiger partial charge in [0.2, 0.25) is 5.82 Å². The molecule has 0 unspecified atom stereocenters. The Morgan fingerprint density at radius 2 is 1.86 bits per heavy atom. The van der Waals surface area contributed by atoms with E-state index in [1.54, 1.807) is 0 Å². The average molecular weight is 299 g/mol. The lowest BCUT2D eigenvalue weighted by Crippen LogP contribution is -2.10. The molecule has 2 aromatic rings. The highest BCUT2D eigenvalue weighted by atomic mass is 19.2. The van der Waals surface area contributed by atoms with Crippen molar-refractivity contribution in [2.75, 3.05) is 10.7 Å². The molecule has 0 bridgehead atoms. The number of nitro groups is 1. The van der Waals surface area contributed by atoms with Crippen LogP contribution in [0.2, 0.25) is 0 Å². The van der Waals surface area contributed by atoms with Crippen LogP contribution in [-0.4, -0.2) is 9.91 Å². The molecule has 0 aliphatic carbocycles. The lowest BCUT2D eigenvalue weighted by Gasteiger charge is -2.09. The minimum absolute atomic E-state index is 0.0612. The molecule has 0 radical (unpaired) electrons. The summed E-state index contributed by atoms with van der Waals surface area (Å²) in [6, 6.07) is 3.87. The van der Waals surface area contributed by atoms with Gasteiger partial charge in [0.15, 0.2) is 17.5 Å². The number of anilines is 3. The van der Waals surface area contributed by atoms with Gasteiger partial charge in [0, 0.05) is 6.07 Å². The SMILES string of the molecule is NNc1ccc([N+](=O)[O-])c(Nc2ccc(F)c(F)c2F)n1. The van der Waals surface area contributed by atoms with E-state index in [4.69, 9.17) is 5.84 Å². The second kappa shape index (κ2) is 5.63. The molecule has 1 aromatic carbocycles. The van der Waals surface area contributed by atoms with Crippen molar-refractivity contribution >= 4 is 23.0 Å². The number of nitrogens with one attached hydrogen (secondary N) is 2. The lowest BCUT2D eigenvalue weighted by atomic mass is 10.2. The van der Waals surface area contributed by atoms with Gasteiger partial charge in [-0.05, 0) is 18.2 Å². The zero-order chi connectivity index (χ0) is 15.6. The molecule has 1 heterocycles. The number of nitrogens with zero attached hydrogens (tertiary/aromatic N) is 2. The Labute approximate surface area is 115 Å². The standard InChI is InChI=1S/C11H8F3N5O2/c12-5-1-2-6(10(14)9(5)13)16-11-7(19(20)21)3-4-8(17-11)18-15/h1-4H,15H2,(H2,16,17,18). The summed E-state index contributed by atoms with van der Waals surface area (Å²) < 4.78 is 39.5. The fraction of sp³-hybridized carbons (Fsp3) is 0. The fourth-order valence-electron chi connectivity index (χ4n) is 1.52. The zero-order valence-corrected chi connectivity index (χ0v) is 10.2. The Morgan fingerprint density at radius 1 is 1.14 bits per heavy atom. The van der Waals surface area contributed by atoms with Crippen LogP contribution in [0.25, 0.3) is 0 Å². The van der Waals surface area contributed by atoms with Crippen LogP contribution >= 0.6 is 0 Å². The smallest absolute Gasteiger partial charge is 0.311 e. The number of halogens is 3. The first-order valence-electron chi connectivity index (χ1n) is 5.46. The molecule has 0 aliphatic rings. The number of benzene rings is 1. The molecule has 0 fully saturated rings. The number of hydrazine groups is 1. The molecule has 0 spiro atoms. The summed E-state index contributed by atoms with van der Waals surface area (Å²) in [5.41, 5.74) is 1.16. The lowest BCUT2D eigenvalue weighted by molar-refractivity contribution is -0.384. The average Bonchev–Trinajstić information content (AvgIpc) is 2.47. The Kier molecular flexibility index (Phi) is 3.89. The minimum atomic E-state index is -1.70. The fourth-order valence-corrected chi connectivity index (χ4v) is 1.52. The normalized spacial score (nSPS) is 10.3. The summed E-state index contributed by atoms with van der Waals surface area (Å²) in [6.45, 7) is 0. The van der Waals surface area contributed by atoms with Crippen LogP contribution in [0.3, 0.4) is 0 Å². The van der Waals surface area contributed by atoms with E-state index in [1.807, 2.05) is 0 Å². The number of aromatic nitrogens is 1. The third-order valence-electron chi connectivity index (χ3n) is 2.51. The van der Waals surface area contributed by atoms with Gasteiger partial charge in [0.25, 0.3) is 0 Å². The molecule has 110 valence electrons. The topological polar surface area (TPSA) is 106 Å². The Morgan fingerprint density at radius 3 is 2.48 bits per heavy atom. The monoisotopic (exact) mass is 299 g/mol. The van der Waals surface area contributed by atoms with Crippen LogP contribution in [0.15, 0.2) is 24.3 Å². The molecule has 0 saturated heterocycles. The van der Waals surface area contributed by atoms with E-state index in [-0.39, 0.29) is 11.6 Å². The predicted molar refractivity (Wildman–Crippen MR) is 68.3 cm³/mol. The molecule has 10 heteroatoms. The maximum Gasteiger partial charge on any atom is 0.311 e. The van der Waals surface area contributed by atoms with Crippen LogP contribution in [0.1, 0.15) is 0 Å². The number of rotatable bonds is 4. The second-order valence-corrected chi connectivity index (χ2v) is 3.81. The zero-order valence-electron chi connectivity index (χ0n) is 10.2. The molecule has 0 atom stereocenters. The van der Waals surface area contributed by atoms with E-state index < -0.39 is 33.7 Å². The highest BCUT2D eigenvalue weighted by Gasteiger charge is 2.19. The van der Waals surface area contributed by atoms with Gasteiger partial charge in [-0.25, -0.2) is 24.0 Å². The summed E-state index contributed by atoms with van der Waals surface area (Å²) in [5, 5.41) is 13.1. The van der Waals surface area contributed by atoms with Gasteiger partial charge in [0.05, 0.1) is 10.6 Å². The van der Waals surface area contributed by atoms with E-state index in [9.17, 15) is 23.3 Å². The van der Waals surface area contributed by atoms with Crippen molar-refractivity contribution in [2.24, 2.45) is 5.84 Å². The first kappa shape index (κ1) is 14.5. The number of nitrogen functional groups attached to an aromatic ring is 1. The van der Waals surface area contributed by atoms with Crippen LogP contribution in [-0.2, 0) is 0 Å². The van der Waals surface area contributed by atoms with E-state index >= 15 is 0 Å². The summed E-state index contributed by atoms with van der Waals surface area (Å²) in [5.74, 6) is 0.213. The van der Waals surface area contributed by atoms with Crippen molar-refractivity contribution in [1.29, 1.82) is 0 Å². The molecule has 21 heavy (non-hydrogen) atoms. The van der Waals surface area contributed by atoms with Crippen molar-refractivity contribution in [3.8, 4) is 0 Å². The van der Waals surface area contributed by atoms with E-state index in [2.05, 4.69) is 15.7 Å². The van der Waals surface area contributed by atoms with Gasteiger partial charge in [-0.1, -0.05) is 0 Å². The van der Waals surface area contributed by atoms with Crippen molar-refractivity contribution in [3.05, 3.63) is 51.8 Å². The molecular weight excluding hydrogens is 291 g/mol. The Balaban J connectivity index is 2.48. The molecule has 7 nitrogen and oxygen atoms in total. The first-order valence-corrected chi connectivity index (χ1v) is 5.46. The van der Waals surface area contributed by atoms with Crippen molar-refractivity contribution in [1.82, 2.24) is 4.98 Å². The highest BCUT2D eigenvalue weighted by Crippen LogP contribution is 2.29. The third kappa shape index (κ3) is 2.84. The minimum Gasteiger partial charge on any atom is -0.332 e. The van der Waals surface area contributed by atoms with Gasteiger partial charge in [-0.15, -0.1) is 0 Å². The van der Waals surface area contributed by atoms with Crippen molar-refractivity contribution in [2.45, 2.75) is 0 Å². The summed E-state index contributed by atoms with van der Waals surface area (Å²) in [4.78, 5) is 13.8. The molecule has 0 amide bonds. The number of pyridine rings is 1. The summed E-state index contributed by atoms with van der Waals surface area (Å²) >= 11 is 0. The Bertz CT molecular complexity index is 710. The van der Waals surface area contributed by atoms with Crippen molar-refractivity contribution in [3.63, 3.8) is 0 Å². The van der Waals surface area contributed by atoms with Crippen molar-refractivity contribution < 1.29 is 18.1 Å². The van der Waals surface area contributed by atoms with Crippen LogP contribution in [0.4, 0.5) is 36.2 Å². The number of hydrogen-bond acceptors (Lipinski definition) is 6. The molecular formula is C11H8F3N5O2. The third-order valence-corrected chi connectivity index (χ3v) is 2.51. The number of nitrogens with two attached hydrogens (primary N) is 1. The molecule has 2 rings (SSSR count). The molecule has 1 aromatic heterocycles. The summed E-state index contributed by atoms with van der Waals surface area (Å²) in [7, 11) is 0. The second-order valence-electron chi connectivity index (χ2n) is 3.81. The first-order chi connectivity index (χ1) is 9.93. The highest BCUT2D eigenvalue weighted by molar-refractivity contribution is 5.68. The molecule has 0 aliphatic heterocycles. The molecule has 4 N–H and O–H groups in total. The maximum absolute atomic E-state index is 13.5. The number of hydrogen-bond donors (Lipinski definition) is 3. The van der Waals surface area contributed by atoms with Gasteiger partial charge in [-0.3, -0.25) is 10.1 Å².